The van der Waals surface area contributed by atoms with Crippen molar-refractivity contribution in [3.05, 3.63) is 34.3 Å². The highest BCUT2D eigenvalue weighted by Gasteiger charge is 2.17. The molecule has 90 valence electrons. The second-order valence-electron chi connectivity index (χ2n) is 3.49. The third-order valence-electron chi connectivity index (χ3n) is 2.27. The van der Waals surface area contributed by atoms with E-state index in [-0.39, 0.29) is 10.6 Å². The lowest BCUT2D eigenvalue weighted by Gasteiger charge is -2.02. The molecule has 6 heteroatoms. The summed E-state index contributed by atoms with van der Waals surface area (Å²) in [6.45, 7) is 1.58. The molecule has 17 heavy (non-hydrogen) atoms. The minimum absolute atomic E-state index is 0.108. The van der Waals surface area contributed by atoms with Crippen LogP contribution in [0.4, 0.5) is 8.78 Å². The molecule has 0 bridgehead atoms. The number of alkyl halides is 1. The molecule has 2 rings (SSSR count). The SMILES string of the molecule is Cc1ccc(F)c(-c2nnc(CCCl)s2)c1F. The first kappa shape index (κ1) is 12.4. The number of rotatable bonds is 3. The third kappa shape index (κ3) is 2.45. The Kier molecular flexibility index (Phi) is 3.69. The van der Waals surface area contributed by atoms with Crippen molar-refractivity contribution >= 4 is 22.9 Å². The Bertz CT molecular complexity index is 542. The molecule has 1 aromatic carbocycles. The van der Waals surface area contributed by atoms with Crippen molar-refractivity contribution in [2.75, 3.05) is 5.88 Å². The Hall–Kier alpha value is -1.07. The van der Waals surface area contributed by atoms with Crippen LogP contribution in [0.3, 0.4) is 0 Å². The van der Waals surface area contributed by atoms with Gasteiger partial charge in [0.05, 0.1) is 5.56 Å². The number of aromatic nitrogens is 2. The van der Waals surface area contributed by atoms with Crippen LogP contribution in [-0.2, 0) is 6.42 Å². The lowest BCUT2D eigenvalue weighted by Crippen LogP contribution is -1.92. The fraction of sp³-hybridized carbons (Fsp3) is 0.273. The molecule has 1 aromatic heterocycles. The van der Waals surface area contributed by atoms with Crippen molar-refractivity contribution in [3.63, 3.8) is 0 Å². The van der Waals surface area contributed by atoms with Crippen LogP contribution in [0.5, 0.6) is 0 Å². The molecule has 2 aromatic rings. The molecule has 1 heterocycles. The number of hydrogen-bond donors (Lipinski definition) is 0. The zero-order valence-electron chi connectivity index (χ0n) is 9.01. The van der Waals surface area contributed by atoms with Crippen LogP contribution < -0.4 is 0 Å². The molecular formula is C11H9ClF2N2S. The van der Waals surface area contributed by atoms with E-state index in [1.54, 1.807) is 6.92 Å². The topological polar surface area (TPSA) is 25.8 Å². The zero-order valence-corrected chi connectivity index (χ0v) is 10.6. The van der Waals surface area contributed by atoms with E-state index in [2.05, 4.69) is 10.2 Å². The molecular weight excluding hydrogens is 266 g/mol. The van der Waals surface area contributed by atoms with Crippen LogP contribution in [0.2, 0.25) is 0 Å². The molecule has 0 saturated heterocycles. The van der Waals surface area contributed by atoms with Crippen molar-refractivity contribution in [1.82, 2.24) is 10.2 Å². The maximum atomic E-state index is 13.8. The van der Waals surface area contributed by atoms with E-state index in [4.69, 9.17) is 11.6 Å². The predicted octanol–water partition coefficient (Wildman–Crippen LogP) is 3.57. The quantitative estimate of drug-likeness (QED) is 0.800. The lowest BCUT2D eigenvalue weighted by molar-refractivity contribution is 0.583. The predicted molar refractivity (Wildman–Crippen MR) is 64.4 cm³/mol. The van der Waals surface area contributed by atoms with Gasteiger partial charge in [0.1, 0.15) is 16.6 Å². The fourth-order valence-corrected chi connectivity index (χ4v) is 2.56. The van der Waals surface area contributed by atoms with E-state index in [9.17, 15) is 8.78 Å². The van der Waals surface area contributed by atoms with Gasteiger partial charge >= 0.3 is 0 Å². The molecule has 0 amide bonds. The third-order valence-corrected chi connectivity index (χ3v) is 3.46. The molecule has 0 N–H and O–H groups in total. The largest absolute Gasteiger partial charge is 0.206 e. The van der Waals surface area contributed by atoms with Crippen molar-refractivity contribution < 1.29 is 8.78 Å². The van der Waals surface area contributed by atoms with Gasteiger partial charge in [-0.1, -0.05) is 17.4 Å². The van der Waals surface area contributed by atoms with Crippen LogP contribution >= 0.6 is 22.9 Å². The maximum Gasteiger partial charge on any atom is 0.153 e. The van der Waals surface area contributed by atoms with Gasteiger partial charge in [-0.15, -0.1) is 21.8 Å². The summed E-state index contributed by atoms with van der Waals surface area (Å²) in [6.07, 6.45) is 0.550. The van der Waals surface area contributed by atoms with Gasteiger partial charge in [-0.3, -0.25) is 0 Å². The van der Waals surface area contributed by atoms with Crippen molar-refractivity contribution in [2.45, 2.75) is 13.3 Å². The average Bonchev–Trinajstić information content (AvgIpc) is 2.73. The van der Waals surface area contributed by atoms with Crippen LogP contribution in [0, 0.1) is 18.6 Å². The van der Waals surface area contributed by atoms with E-state index in [0.29, 0.717) is 22.9 Å². The molecule has 0 aliphatic rings. The van der Waals surface area contributed by atoms with Crippen molar-refractivity contribution in [3.8, 4) is 10.6 Å². The van der Waals surface area contributed by atoms with Gasteiger partial charge in [-0.05, 0) is 18.6 Å². The molecule has 0 radical (unpaired) electrons. The maximum absolute atomic E-state index is 13.8. The van der Waals surface area contributed by atoms with Gasteiger partial charge in [0, 0.05) is 12.3 Å². The minimum atomic E-state index is -0.623. The van der Waals surface area contributed by atoms with Gasteiger partial charge < -0.3 is 0 Å². The van der Waals surface area contributed by atoms with E-state index in [0.717, 1.165) is 11.3 Å². The minimum Gasteiger partial charge on any atom is -0.206 e. The number of aryl methyl sites for hydroxylation is 2. The standard InChI is InChI=1S/C11H9ClF2N2S/c1-6-2-3-7(13)9(10(6)14)11-16-15-8(17-11)4-5-12/h2-3H,4-5H2,1H3. The van der Waals surface area contributed by atoms with Crippen LogP contribution in [0.15, 0.2) is 12.1 Å². The van der Waals surface area contributed by atoms with E-state index in [1.165, 1.54) is 12.1 Å². The molecule has 0 saturated carbocycles. The Morgan fingerprint density at radius 2 is 2.06 bits per heavy atom. The summed E-state index contributed by atoms with van der Waals surface area (Å²) >= 11 is 6.73. The smallest absolute Gasteiger partial charge is 0.153 e. The van der Waals surface area contributed by atoms with E-state index < -0.39 is 11.6 Å². The summed E-state index contributed by atoms with van der Waals surface area (Å²) in [5.41, 5.74) is 0.277. The Morgan fingerprint density at radius 3 is 2.76 bits per heavy atom. The van der Waals surface area contributed by atoms with Gasteiger partial charge in [-0.25, -0.2) is 8.78 Å². The zero-order chi connectivity index (χ0) is 12.4. The van der Waals surface area contributed by atoms with E-state index in [1.807, 2.05) is 0 Å². The molecule has 0 aliphatic carbocycles. The summed E-state index contributed by atoms with van der Waals surface area (Å²) in [5, 5.41) is 8.57. The Labute approximate surface area is 106 Å². The molecule has 0 aliphatic heterocycles. The van der Waals surface area contributed by atoms with E-state index >= 15 is 0 Å². The Morgan fingerprint density at radius 1 is 1.29 bits per heavy atom. The number of hydrogen-bond acceptors (Lipinski definition) is 3. The summed E-state index contributed by atoms with van der Waals surface area (Å²) < 4.78 is 27.4. The van der Waals surface area contributed by atoms with Gasteiger partial charge in [-0.2, -0.15) is 0 Å². The summed E-state index contributed by atoms with van der Waals surface area (Å²) in [7, 11) is 0. The average molecular weight is 275 g/mol. The highest BCUT2D eigenvalue weighted by atomic mass is 35.5. The summed E-state index contributed by atoms with van der Waals surface area (Å²) in [4.78, 5) is 0. The van der Waals surface area contributed by atoms with Gasteiger partial charge in [0.15, 0.2) is 5.01 Å². The second-order valence-corrected chi connectivity index (χ2v) is 4.93. The highest BCUT2D eigenvalue weighted by molar-refractivity contribution is 7.14. The van der Waals surface area contributed by atoms with Crippen LogP contribution in [0.1, 0.15) is 10.6 Å². The Balaban J connectivity index is 2.48. The molecule has 0 atom stereocenters. The first-order valence-corrected chi connectivity index (χ1v) is 6.32. The van der Waals surface area contributed by atoms with Crippen LogP contribution in [-0.4, -0.2) is 16.1 Å². The van der Waals surface area contributed by atoms with Crippen LogP contribution in [0.25, 0.3) is 10.6 Å². The number of nitrogens with zero attached hydrogens (tertiary/aromatic N) is 2. The lowest BCUT2D eigenvalue weighted by atomic mass is 10.1. The first-order chi connectivity index (χ1) is 8.13. The molecule has 0 unspecified atom stereocenters. The molecule has 0 spiro atoms. The fourth-order valence-electron chi connectivity index (χ4n) is 1.39. The van der Waals surface area contributed by atoms with Crippen molar-refractivity contribution in [2.24, 2.45) is 0 Å². The first-order valence-electron chi connectivity index (χ1n) is 4.96. The highest BCUT2D eigenvalue weighted by Crippen LogP contribution is 2.30. The number of halogens is 3. The monoisotopic (exact) mass is 274 g/mol. The normalized spacial score (nSPS) is 10.8. The molecule has 2 nitrogen and oxygen atoms in total. The van der Waals surface area contributed by atoms with Crippen molar-refractivity contribution in [1.29, 1.82) is 0 Å². The second kappa shape index (κ2) is 5.06. The van der Waals surface area contributed by atoms with Gasteiger partial charge in [0.2, 0.25) is 0 Å². The summed E-state index contributed by atoms with van der Waals surface area (Å²) in [5.74, 6) is -0.798. The number of benzene rings is 1. The molecule has 0 fully saturated rings. The van der Waals surface area contributed by atoms with Gasteiger partial charge in [0.25, 0.3) is 0 Å². The summed E-state index contributed by atoms with van der Waals surface area (Å²) in [6, 6.07) is 2.63.